The molecule has 0 atom stereocenters. The van der Waals surface area contributed by atoms with Crippen molar-refractivity contribution < 1.29 is 18.3 Å². The molecule has 0 saturated heterocycles. The number of rotatable bonds is 7. The van der Waals surface area contributed by atoms with Gasteiger partial charge >= 0.3 is 5.97 Å². The Morgan fingerprint density at radius 3 is 2.61 bits per heavy atom. The third kappa shape index (κ3) is 3.30. The molecule has 18 heavy (non-hydrogen) atoms. The summed E-state index contributed by atoms with van der Waals surface area (Å²) in [5.74, 6) is -0.623. The van der Waals surface area contributed by atoms with Gasteiger partial charge in [-0.05, 0) is 6.42 Å². The van der Waals surface area contributed by atoms with E-state index >= 15 is 0 Å². The molecule has 1 aromatic heterocycles. The molecule has 1 rings (SSSR count). The quantitative estimate of drug-likeness (QED) is 0.752. The Balaban J connectivity index is 3.03. The molecule has 2 N–H and O–H groups in total. The number of nitrogens with one attached hydrogen (secondary N) is 1. The van der Waals surface area contributed by atoms with Crippen molar-refractivity contribution >= 4 is 16.0 Å². The molecule has 8 heteroatoms. The van der Waals surface area contributed by atoms with Crippen LogP contribution in [0.4, 0.5) is 0 Å². The van der Waals surface area contributed by atoms with E-state index in [-0.39, 0.29) is 11.6 Å². The second-order valence-electron chi connectivity index (χ2n) is 3.78. The van der Waals surface area contributed by atoms with Crippen molar-refractivity contribution in [2.24, 2.45) is 0 Å². The molecule has 102 valence electrons. The molecule has 7 nitrogen and oxygen atoms in total. The first-order valence-electron chi connectivity index (χ1n) is 5.67. The van der Waals surface area contributed by atoms with Crippen LogP contribution >= 0.6 is 0 Å². The maximum Gasteiger partial charge on any atom is 0.318 e. The van der Waals surface area contributed by atoms with Crippen molar-refractivity contribution in [3.05, 3.63) is 12.0 Å². The molecule has 0 saturated carbocycles. The van der Waals surface area contributed by atoms with Gasteiger partial charge in [-0.3, -0.25) is 4.79 Å². The third-order valence-corrected chi connectivity index (χ3v) is 4.10. The normalized spacial score (nSPS) is 11.9. The Labute approximate surface area is 106 Å². The van der Waals surface area contributed by atoms with Crippen molar-refractivity contribution in [3.8, 4) is 0 Å². The molecule has 1 heterocycles. The Kier molecular flexibility index (Phi) is 4.85. The SMILES string of the molecule is CCCN(CC(=O)O)S(=O)(=O)c1cnc(CC)[nH]1. The summed E-state index contributed by atoms with van der Waals surface area (Å²) in [5, 5.41) is 8.68. The van der Waals surface area contributed by atoms with E-state index in [9.17, 15) is 13.2 Å². The van der Waals surface area contributed by atoms with Crippen LogP contribution in [0.2, 0.25) is 0 Å². The smallest absolute Gasteiger partial charge is 0.318 e. The molecule has 0 radical (unpaired) electrons. The standard InChI is InChI=1S/C10H17N3O4S/c1-3-5-13(7-10(14)15)18(16,17)9-6-11-8(4-2)12-9/h6H,3-5,7H2,1-2H3,(H,11,12)(H,14,15). The summed E-state index contributed by atoms with van der Waals surface area (Å²) >= 11 is 0. The van der Waals surface area contributed by atoms with Crippen LogP contribution < -0.4 is 0 Å². The molecule has 0 aliphatic carbocycles. The van der Waals surface area contributed by atoms with Gasteiger partial charge in [-0.25, -0.2) is 13.4 Å². The van der Waals surface area contributed by atoms with E-state index in [1.165, 1.54) is 6.20 Å². The topological polar surface area (TPSA) is 103 Å². The number of hydrogen-bond acceptors (Lipinski definition) is 4. The Morgan fingerprint density at radius 2 is 2.17 bits per heavy atom. The van der Waals surface area contributed by atoms with Gasteiger partial charge in [-0.15, -0.1) is 0 Å². The summed E-state index contributed by atoms with van der Waals surface area (Å²) in [6.45, 7) is 3.25. The van der Waals surface area contributed by atoms with Gasteiger partial charge in [0, 0.05) is 13.0 Å². The highest BCUT2D eigenvalue weighted by Gasteiger charge is 2.27. The largest absolute Gasteiger partial charge is 0.480 e. The highest BCUT2D eigenvalue weighted by molar-refractivity contribution is 7.89. The van der Waals surface area contributed by atoms with E-state index in [2.05, 4.69) is 9.97 Å². The predicted molar refractivity (Wildman–Crippen MR) is 64.7 cm³/mol. The number of aromatic nitrogens is 2. The number of hydrogen-bond donors (Lipinski definition) is 2. The molecular formula is C10H17N3O4S. The number of aromatic amines is 1. The van der Waals surface area contributed by atoms with Crippen LogP contribution in [-0.4, -0.2) is 46.9 Å². The maximum atomic E-state index is 12.2. The highest BCUT2D eigenvalue weighted by atomic mass is 32.2. The van der Waals surface area contributed by atoms with Crippen LogP contribution in [0.15, 0.2) is 11.2 Å². The summed E-state index contributed by atoms with van der Waals surface area (Å²) in [6, 6.07) is 0. The van der Waals surface area contributed by atoms with E-state index in [4.69, 9.17) is 5.11 Å². The predicted octanol–water partition coefficient (Wildman–Crippen LogP) is 0.457. The number of carboxylic acid groups (broad SMARTS) is 1. The van der Waals surface area contributed by atoms with Gasteiger partial charge in [0.2, 0.25) is 0 Å². The zero-order chi connectivity index (χ0) is 13.8. The number of imidazole rings is 1. The number of aryl methyl sites for hydroxylation is 1. The molecule has 0 aromatic carbocycles. The monoisotopic (exact) mass is 275 g/mol. The molecule has 0 amide bonds. The second kappa shape index (κ2) is 5.96. The lowest BCUT2D eigenvalue weighted by Crippen LogP contribution is -2.36. The summed E-state index contributed by atoms with van der Waals surface area (Å²) in [5.41, 5.74) is 0. The van der Waals surface area contributed by atoms with Gasteiger partial charge in [0.05, 0.1) is 6.20 Å². The van der Waals surface area contributed by atoms with E-state index in [0.717, 1.165) is 4.31 Å². The number of aliphatic carboxylic acids is 1. The summed E-state index contributed by atoms with van der Waals surface area (Å²) in [4.78, 5) is 17.3. The fourth-order valence-corrected chi connectivity index (χ4v) is 2.89. The summed E-state index contributed by atoms with van der Waals surface area (Å²) in [6.07, 6.45) is 2.35. The minimum atomic E-state index is -3.81. The van der Waals surface area contributed by atoms with Gasteiger partial charge in [-0.2, -0.15) is 4.31 Å². The fraction of sp³-hybridized carbons (Fsp3) is 0.600. The average Bonchev–Trinajstić information content (AvgIpc) is 2.77. The van der Waals surface area contributed by atoms with E-state index in [1.54, 1.807) is 6.92 Å². The van der Waals surface area contributed by atoms with Crippen LogP contribution in [-0.2, 0) is 21.2 Å². The number of carboxylic acids is 1. The fourth-order valence-electron chi connectivity index (χ4n) is 1.48. The lowest BCUT2D eigenvalue weighted by atomic mass is 10.5. The third-order valence-electron chi connectivity index (χ3n) is 2.34. The van der Waals surface area contributed by atoms with Gasteiger partial charge in [0.1, 0.15) is 12.4 Å². The van der Waals surface area contributed by atoms with Crippen molar-refractivity contribution in [2.75, 3.05) is 13.1 Å². The van der Waals surface area contributed by atoms with E-state index < -0.39 is 22.5 Å². The molecule has 0 aliphatic rings. The van der Waals surface area contributed by atoms with Crippen LogP contribution in [0, 0.1) is 0 Å². The first kappa shape index (κ1) is 14.7. The highest BCUT2D eigenvalue weighted by Crippen LogP contribution is 2.14. The van der Waals surface area contributed by atoms with Crippen LogP contribution in [0.5, 0.6) is 0 Å². The first-order valence-corrected chi connectivity index (χ1v) is 7.11. The van der Waals surface area contributed by atoms with Crippen molar-refractivity contribution in [2.45, 2.75) is 31.7 Å². The van der Waals surface area contributed by atoms with Crippen LogP contribution in [0.1, 0.15) is 26.1 Å². The molecule has 0 aliphatic heterocycles. The molecule has 0 unspecified atom stereocenters. The molecule has 0 spiro atoms. The molecular weight excluding hydrogens is 258 g/mol. The van der Waals surface area contributed by atoms with Gasteiger partial charge in [-0.1, -0.05) is 13.8 Å². The average molecular weight is 275 g/mol. The van der Waals surface area contributed by atoms with Gasteiger partial charge < -0.3 is 10.1 Å². The number of sulfonamides is 1. The zero-order valence-corrected chi connectivity index (χ0v) is 11.2. The molecule has 0 bridgehead atoms. The zero-order valence-electron chi connectivity index (χ0n) is 10.4. The Morgan fingerprint density at radius 1 is 1.50 bits per heavy atom. The molecule has 0 fully saturated rings. The van der Waals surface area contributed by atoms with Crippen LogP contribution in [0.3, 0.4) is 0 Å². The van der Waals surface area contributed by atoms with Crippen LogP contribution in [0.25, 0.3) is 0 Å². The number of nitrogens with zero attached hydrogens (tertiary/aromatic N) is 2. The maximum absolute atomic E-state index is 12.2. The van der Waals surface area contributed by atoms with Crippen molar-refractivity contribution in [3.63, 3.8) is 0 Å². The summed E-state index contributed by atoms with van der Waals surface area (Å²) < 4.78 is 25.3. The van der Waals surface area contributed by atoms with E-state index in [1.807, 2.05) is 6.92 Å². The summed E-state index contributed by atoms with van der Waals surface area (Å²) in [7, 11) is -3.81. The van der Waals surface area contributed by atoms with Crippen molar-refractivity contribution in [1.82, 2.24) is 14.3 Å². The lowest BCUT2D eigenvalue weighted by Gasteiger charge is -2.18. The first-order chi connectivity index (χ1) is 8.41. The van der Waals surface area contributed by atoms with Gasteiger partial charge in [0.15, 0.2) is 5.03 Å². The van der Waals surface area contributed by atoms with Crippen molar-refractivity contribution in [1.29, 1.82) is 0 Å². The second-order valence-corrected chi connectivity index (χ2v) is 5.69. The lowest BCUT2D eigenvalue weighted by molar-refractivity contribution is -0.137. The Bertz CT molecular complexity index is 509. The molecule has 1 aromatic rings. The number of H-pyrrole nitrogens is 1. The minimum absolute atomic E-state index is 0.0611. The number of carbonyl (C=O) groups is 1. The van der Waals surface area contributed by atoms with Gasteiger partial charge in [0.25, 0.3) is 10.0 Å². The Hall–Kier alpha value is -1.41. The van der Waals surface area contributed by atoms with E-state index in [0.29, 0.717) is 18.7 Å². The minimum Gasteiger partial charge on any atom is -0.480 e.